The molecule has 0 radical (unpaired) electrons. The highest BCUT2D eigenvalue weighted by Gasteiger charge is 2.20. The molecule has 0 fully saturated rings. The lowest BCUT2D eigenvalue weighted by molar-refractivity contribution is 0.0592. The summed E-state index contributed by atoms with van der Waals surface area (Å²) in [5.41, 5.74) is 0.965. The molecular weight excluding hydrogens is 274 g/mol. The van der Waals surface area contributed by atoms with Gasteiger partial charge in [-0.3, -0.25) is 0 Å². The van der Waals surface area contributed by atoms with Gasteiger partial charge in [0.1, 0.15) is 6.54 Å². The average molecular weight is 293 g/mol. The van der Waals surface area contributed by atoms with Crippen LogP contribution in [0.4, 0.5) is 0 Å². The van der Waals surface area contributed by atoms with Gasteiger partial charge in [-0.05, 0) is 12.8 Å². The summed E-state index contributed by atoms with van der Waals surface area (Å²) in [6, 6.07) is 0. The number of hydrogen-bond donors (Lipinski definition) is 0. The maximum atomic E-state index is 11.7. The summed E-state index contributed by atoms with van der Waals surface area (Å²) in [6.45, 7) is 4.37. The highest BCUT2D eigenvalue weighted by Crippen LogP contribution is 2.12. The molecule has 0 aromatic carbocycles. The molecule has 0 spiro atoms. The molecular formula is C13H19N5O3. The Balaban J connectivity index is 2.22. The molecule has 21 heavy (non-hydrogen) atoms. The van der Waals surface area contributed by atoms with E-state index in [1.807, 2.05) is 6.92 Å². The van der Waals surface area contributed by atoms with Gasteiger partial charge in [-0.2, -0.15) is 4.98 Å². The number of nitrogens with zero attached hydrogens (tertiary/aromatic N) is 5. The van der Waals surface area contributed by atoms with Crippen molar-refractivity contribution in [3.8, 4) is 0 Å². The van der Waals surface area contributed by atoms with Crippen LogP contribution in [0.25, 0.3) is 0 Å². The number of carbonyl (C=O) groups is 1. The third-order valence-electron chi connectivity index (χ3n) is 2.97. The number of aryl methyl sites for hydroxylation is 1. The molecule has 0 aliphatic heterocycles. The molecule has 0 amide bonds. The first-order valence-electron chi connectivity index (χ1n) is 7.01. The second-order valence-corrected chi connectivity index (χ2v) is 4.64. The highest BCUT2D eigenvalue weighted by atomic mass is 16.5. The molecule has 114 valence electrons. The van der Waals surface area contributed by atoms with E-state index in [4.69, 9.17) is 9.26 Å². The monoisotopic (exact) mass is 293 g/mol. The smallest absolute Gasteiger partial charge is 0.360 e. The van der Waals surface area contributed by atoms with Crippen LogP contribution >= 0.6 is 0 Å². The third-order valence-corrected chi connectivity index (χ3v) is 2.97. The van der Waals surface area contributed by atoms with Crippen molar-refractivity contribution in [2.24, 2.45) is 0 Å². The number of rotatable bonds is 7. The summed E-state index contributed by atoms with van der Waals surface area (Å²) < 4.78 is 11.5. The van der Waals surface area contributed by atoms with E-state index >= 15 is 0 Å². The highest BCUT2D eigenvalue weighted by molar-refractivity contribution is 5.88. The van der Waals surface area contributed by atoms with Crippen LogP contribution in [-0.2, 0) is 24.1 Å². The van der Waals surface area contributed by atoms with Crippen molar-refractivity contribution in [2.45, 2.75) is 46.1 Å². The lowest BCUT2D eigenvalue weighted by Crippen LogP contribution is -2.10. The second kappa shape index (κ2) is 6.96. The zero-order chi connectivity index (χ0) is 15.2. The molecule has 0 aliphatic carbocycles. The molecule has 0 bridgehead atoms. The maximum Gasteiger partial charge on any atom is 0.360 e. The second-order valence-electron chi connectivity index (χ2n) is 4.64. The number of methoxy groups -OCH3 is 1. The van der Waals surface area contributed by atoms with Crippen molar-refractivity contribution in [1.82, 2.24) is 25.1 Å². The molecule has 0 aliphatic rings. The van der Waals surface area contributed by atoms with Gasteiger partial charge >= 0.3 is 5.97 Å². The number of esters is 1. The minimum atomic E-state index is -0.484. The minimum absolute atomic E-state index is 0.243. The van der Waals surface area contributed by atoms with Crippen LogP contribution in [0.15, 0.2) is 4.52 Å². The predicted octanol–water partition coefficient (Wildman–Crippen LogP) is 1.40. The summed E-state index contributed by atoms with van der Waals surface area (Å²) in [7, 11) is 1.33. The van der Waals surface area contributed by atoms with E-state index in [0.29, 0.717) is 24.7 Å². The van der Waals surface area contributed by atoms with Crippen molar-refractivity contribution in [2.75, 3.05) is 7.11 Å². The Kier molecular flexibility index (Phi) is 5.02. The third kappa shape index (κ3) is 3.45. The molecule has 8 nitrogen and oxygen atoms in total. The predicted molar refractivity (Wildman–Crippen MR) is 72.8 cm³/mol. The zero-order valence-corrected chi connectivity index (χ0v) is 12.5. The topological polar surface area (TPSA) is 95.9 Å². The maximum absolute atomic E-state index is 11.7. The SMILES string of the molecule is CCCc1noc(Cn2nnc(C(=O)OC)c2CCC)n1. The summed E-state index contributed by atoms with van der Waals surface area (Å²) in [6.07, 6.45) is 3.27. The molecule has 2 heterocycles. The van der Waals surface area contributed by atoms with E-state index in [0.717, 1.165) is 25.0 Å². The van der Waals surface area contributed by atoms with Crippen LogP contribution in [0, 0.1) is 0 Å². The van der Waals surface area contributed by atoms with E-state index in [9.17, 15) is 4.79 Å². The molecule has 2 aromatic heterocycles. The molecule has 0 saturated heterocycles. The Morgan fingerprint density at radius 3 is 2.71 bits per heavy atom. The molecule has 2 aromatic rings. The van der Waals surface area contributed by atoms with Gasteiger partial charge in [-0.25, -0.2) is 9.48 Å². The van der Waals surface area contributed by atoms with Crippen LogP contribution in [0.1, 0.15) is 54.6 Å². The van der Waals surface area contributed by atoms with Crippen molar-refractivity contribution in [1.29, 1.82) is 0 Å². The quantitative estimate of drug-likeness (QED) is 0.712. The number of aromatic nitrogens is 5. The van der Waals surface area contributed by atoms with Gasteiger partial charge in [0.15, 0.2) is 11.5 Å². The molecule has 0 atom stereocenters. The largest absolute Gasteiger partial charge is 0.464 e. The Labute approximate surface area is 122 Å². The normalized spacial score (nSPS) is 10.8. The van der Waals surface area contributed by atoms with Crippen LogP contribution in [-0.4, -0.2) is 38.2 Å². The van der Waals surface area contributed by atoms with Crippen LogP contribution in [0.2, 0.25) is 0 Å². The van der Waals surface area contributed by atoms with Gasteiger partial charge in [0.25, 0.3) is 0 Å². The zero-order valence-electron chi connectivity index (χ0n) is 12.5. The van der Waals surface area contributed by atoms with Gasteiger partial charge in [-0.15, -0.1) is 5.10 Å². The Hall–Kier alpha value is -2.25. The van der Waals surface area contributed by atoms with E-state index in [1.54, 1.807) is 4.68 Å². The van der Waals surface area contributed by atoms with Crippen molar-refractivity contribution in [3.63, 3.8) is 0 Å². The summed E-state index contributed by atoms with van der Waals surface area (Å²) in [4.78, 5) is 16.0. The average Bonchev–Trinajstić information content (AvgIpc) is 3.08. The lowest BCUT2D eigenvalue weighted by atomic mass is 10.2. The first kappa shape index (κ1) is 15.1. The van der Waals surface area contributed by atoms with E-state index in [2.05, 4.69) is 27.4 Å². The van der Waals surface area contributed by atoms with Crippen LogP contribution in [0.3, 0.4) is 0 Å². The molecule has 0 N–H and O–H groups in total. The van der Waals surface area contributed by atoms with Gasteiger partial charge in [-0.1, -0.05) is 30.6 Å². The standard InChI is InChI=1S/C13H19N5O3/c1-4-6-9-12(13(19)20-3)15-17-18(9)8-11-14-10(7-5-2)16-21-11/h4-8H2,1-3H3. The summed E-state index contributed by atoms with van der Waals surface area (Å²) in [5, 5.41) is 11.8. The lowest BCUT2D eigenvalue weighted by Gasteiger charge is -2.03. The Bertz CT molecular complexity index is 605. The van der Waals surface area contributed by atoms with Gasteiger partial charge in [0.2, 0.25) is 5.89 Å². The van der Waals surface area contributed by atoms with E-state index in [-0.39, 0.29) is 5.69 Å². The minimum Gasteiger partial charge on any atom is -0.464 e. The van der Waals surface area contributed by atoms with Crippen molar-refractivity contribution >= 4 is 5.97 Å². The fourth-order valence-electron chi connectivity index (χ4n) is 2.01. The fraction of sp³-hybridized carbons (Fsp3) is 0.615. The number of hydrogen-bond acceptors (Lipinski definition) is 7. The molecule has 0 saturated carbocycles. The van der Waals surface area contributed by atoms with Crippen molar-refractivity contribution in [3.05, 3.63) is 23.1 Å². The molecule has 8 heteroatoms. The summed E-state index contributed by atoms with van der Waals surface area (Å²) in [5.74, 6) is 0.650. The van der Waals surface area contributed by atoms with E-state index < -0.39 is 5.97 Å². The van der Waals surface area contributed by atoms with Gasteiger partial charge in [0.05, 0.1) is 12.8 Å². The first-order chi connectivity index (χ1) is 10.2. The number of ether oxygens (including phenoxy) is 1. The first-order valence-corrected chi connectivity index (χ1v) is 7.01. The molecule has 0 unspecified atom stereocenters. The number of carbonyl (C=O) groups excluding carboxylic acids is 1. The molecule has 2 rings (SSSR count). The summed E-state index contributed by atoms with van der Waals surface area (Å²) >= 11 is 0. The van der Waals surface area contributed by atoms with E-state index in [1.165, 1.54) is 7.11 Å². The van der Waals surface area contributed by atoms with Gasteiger partial charge in [0, 0.05) is 6.42 Å². The Morgan fingerprint density at radius 1 is 1.29 bits per heavy atom. The van der Waals surface area contributed by atoms with Crippen LogP contribution < -0.4 is 0 Å². The fourth-order valence-corrected chi connectivity index (χ4v) is 2.01. The Morgan fingerprint density at radius 2 is 2.05 bits per heavy atom. The van der Waals surface area contributed by atoms with Crippen molar-refractivity contribution < 1.29 is 14.1 Å². The van der Waals surface area contributed by atoms with Crippen LogP contribution in [0.5, 0.6) is 0 Å². The van der Waals surface area contributed by atoms with Gasteiger partial charge < -0.3 is 9.26 Å².